The Morgan fingerprint density at radius 2 is 1.71 bits per heavy atom. The molecule has 1 N–H and O–H groups in total. The minimum Gasteiger partial charge on any atom is -0.483 e. The van der Waals surface area contributed by atoms with E-state index in [1.54, 1.807) is 17.0 Å². The minimum atomic E-state index is -0.584. The monoisotopic (exact) mass is 438 g/mol. The molecule has 5 nitrogen and oxygen atoms in total. The molecule has 0 bridgehead atoms. The van der Waals surface area contributed by atoms with Gasteiger partial charge in [-0.1, -0.05) is 67.1 Å². The zero-order valence-electron chi connectivity index (χ0n) is 17.8. The number of amides is 2. The van der Waals surface area contributed by atoms with Gasteiger partial charge in [-0.05, 0) is 42.5 Å². The second-order valence-corrected chi connectivity index (χ2v) is 7.67. The number of likely N-dealkylation sites (N-methyl/N-ethyl adjacent to an activating group) is 1. The maximum atomic E-state index is 13.2. The summed E-state index contributed by atoms with van der Waals surface area (Å²) in [6.07, 6.45) is 0.499. The van der Waals surface area contributed by atoms with Crippen molar-refractivity contribution in [2.75, 3.05) is 13.2 Å². The van der Waals surface area contributed by atoms with Crippen LogP contribution in [0.1, 0.15) is 25.8 Å². The third-order valence-electron chi connectivity index (χ3n) is 5.10. The van der Waals surface area contributed by atoms with Crippen molar-refractivity contribution in [3.63, 3.8) is 0 Å². The first-order valence-electron chi connectivity index (χ1n) is 10.5. The van der Waals surface area contributed by atoms with E-state index in [0.717, 1.165) is 16.3 Å². The summed E-state index contributed by atoms with van der Waals surface area (Å²) in [5.74, 6) is 0.224. The molecule has 0 aliphatic rings. The first-order valence-corrected chi connectivity index (χ1v) is 10.8. The van der Waals surface area contributed by atoms with E-state index in [2.05, 4.69) is 5.32 Å². The lowest BCUT2D eigenvalue weighted by Crippen LogP contribution is -2.50. The van der Waals surface area contributed by atoms with Gasteiger partial charge in [0.15, 0.2) is 6.61 Å². The normalized spacial score (nSPS) is 11.7. The molecule has 0 aliphatic carbocycles. The quantitative estimate of drug-likeness (QED) is 0.521. The summed E-state index contributed by atoms with van der Waals surface area (Å²) in [6.45, 7) is 4.40. The summed E-state index contributed by atoms with van der Waals surface area (Å²) >= 11 is 5.99. The van der Waals surface area contributed by atoms with Crippen molar-refractivity contribution >= 4 is 34.2 Å². The SMILES string of the molecule is CCNC(=O)C(CC)N(Cc1ccc(Cl)cc1)C(=O)COc1cccc2ccccc12. The minimum absolute atomic E-state index is 0.155. The van der Waals surface area contributed by atoms with Crippen molar-refractivity contribution in [2.45, 2.75) is 32.9 Å². The second-order valence-electron chi connectivity index (χ2n) is 7.23. The lowest BCUT2D eigenvalue weighted by Gasteiger charge is -2.30. The number of carbonyl (C=O) groups excluding carboxylic acids is 2. The van der Waals surface area contributed by atoms with E-state index in [1.807, 2.05) is 68.4 Å². The van der Waals surface area contributed by atoms with Crippen LogP contribution in [0.25, 0.3) is 10.8 Å². The average Bonchev–Trinajstić information content (AvgIpc) is 2.78. The highest BCUT2D eigenvalue weighted by Crippen LogP contribution is 2.25. The molecule has 3 aromatic carbocycles. The van der Waals surface area contributed by atoms with Crippen LogP contribution in [0.4, 0.5) is 0 Å². The molecule has 0 heterocycles. The maximum absolute atomic E-state index is 13.2. The Kier molecular flexibility index (Phi) is 7.90. The molecule has 1 unspecified atom stereocenters. The Bertz CT molecular complexity index is 1030. The van der Waals surface area contributed by atoms with Crippen LogP contribution in [0.2, 0.25) is 5.02 Å². The van der Waals surface area contributed by atoms with Gasteiger partial charge in [-0.2, -0.15) is 0 Å². The van der Waals surface area contributed by atoms with Crippen LogP contribution in [0.5, 0.6) is 5.75 Å². The number of ether oxygens (including phenoxy) is 1. The fraction of sp³-hybridized carbons (Fsp3) is 0.280. The summed E-state index contributed by atoms with van der Waals surface area (Å²) in [5, 5.41) is 5.44. The molecular formula is C25H27ClN2O3. The number of fused-ring (bicyclic) bond motifs is 1. The van der Waals surface area contributed by atoms with Crippen LogP contribution in [-0.2, 0) is 16.1 Å². The number of hydrogen-bond donors (Lipinski definition) is 1. The standard InChI is InChI=1S/C25H27ClN2O3/c1-3-22(25(30)27-4-2)28(16-18-12-14-20(26)15-13-18)24(29)17-31-23-11-7-9-19-8-5-6-10-21(19)23/h5-15,22H,3-4,16-17H2,1-2H3,(H,27,30). The first kappa shape index (κ1) is 22.6. The third kappa shape index (κ3) is 5.76. The van der Waals surface area contributed by atoms with Crippen molar-refractivity contribution in [2.24, 2.45) is 0 Å². The third-order valence-corrected chi connectivity index (χ3v) is 5.36. The van der Waals surface area contributed by atoms with E-state index in [1.165, 1.54) is 0 Å². The van der Waals surface area contributed by atoms with Gasteiger partial charge in [0.25, 0.3) is 5.91 Å². The van der Waals surface area contributed by atoms with Gasteiger partial charge in [0, 0.05) is 23.5 Å². The number of nitrogens with zero attached hydrogens (tertiary/aromatic N) is 1. The fourth-order valence-electron chi connectivity index (χ4n) is 3.54. The number of benzene rings is 3. The Labute approximate surface area is 188 Å². The van der Waals surface area contributed by atoms with Gasteiger partial charge in [0.2, 0.25) is 5.91 Å². The topological polar surface area (TPSA) is 58.6 Å². The molecule has 6 heteroatoms. The number of rotatable bonds is 9. The summed E-state index contributed by atoms with van der Waals surface area (Å²) in [6, 6.07) is 20.3. The molecule has 0 radical (unpaired) electrons. The smallest absolute Gasteiger partial charge is 0.261 e. The van der Waals surface area contributed by atoms with Crippen LogP contribution >= 0.6 is 11.6 Å². The predicted molar refractivity (Wildman–Crippen MR) is 124 cm³/mol. The Balaban J connectivity index is 1.81. The van der Waals surface area contributed by atoms with Gasteiger partial charge in [-0.25, -0.2) is 0 Å². The van der Waals surface area contributed by atoms with E-state index in [9.17, 15) is 9.59 Å². The highest BCUT2D eigenvalue weighted by atomic mass is 35.5. The van der Waals surface area contributed by atoms with Crippen LogP contribution in [0.15, 0.2) is 66.7 Å². The largest absolute Gasteiger partial charge is 0.483 e. The van der Waals surface area contributed by atoms with Crippen molar-refractivity contribution in [1.29, 1.82) is 0 Å². The van der Waals surface area contributed by atoms with E-state index < -0.39 is 6.04 Å². The van der Waals surface area contributed by atoms with E-state index in [-0.39, 0.29) is 18.4 Å². The highest BCUT2D eigenvalue weighted by molar-refractivity contribution is 6.30. The maximum Gasteiger partial charge on any atom is 0.261 e. The lowest BCUT2D eigenvalue weighted by atomic mass is 10.1. The summed E-state index contributed by atoms with van der Waals surface area (Å²) < 4.78 is 5.91. The molecule has 0 saturated carbocycles. The van der Waals surface area contributed by atoms with Crippen molar-refractivity contribution in [1.82, 2.24) is 10.2 Å². The fourth-order valence-corrected chi connectivity index (χ4v) is 3.67. The zero-order chi connectivity index (χ0) is 22.2. The zero-order valence-corrected chi connectivity index (χ0v) is 18.6. The molecule has 0 aromatic heterocycles. The molecule has 0 saturated heterocycles. The molecule has 0 fully saturated rings. The Hall–Kier alpha value is -3.05. The first-order chi connectivity index (χ1) is 15.0. The second kappa shape index (κ2) is 10.8. The predicted octanol–water partition coefficient (Wildman–Crippen LogP) is 4.82. The molecule has 1 atom stereocenters. The number of carbonyl (C=O) groups is 2. The van der Waals surface area contributed by atoms with Gasteiger partial charge >= 0.3 is 0 Å². The molecule has 3 rings (SSSR count). The van der Waals surface area contributed by atoms with Crippen LogP contribution in [-0.4, -0.2) is 35.9 Å². The number of halogens is 1. The van der Waals surface area contributed by atoms with Gasteiger partial charge in [0.05, 0.1) is 0 Å². The molecular weight excluding hydrogens is 412 g/mol. The molecule has 0 spiro atoms. The molecule has 0 aliphatic heterocycles. The van der Waals surface area contributed by atoms with Crippen molar-refractivity contribution in [3.8, 4) is 5.75 Å². The number of nitrogens with one attached hydrogen (secondary N) is 1. The van der Waals surface area contributed by atoms with Crippen LogP contribution < -0.4 is 10.1 Å². The van der Waals surface area contributed by atoms with Crippen molar-refractivity contribution < 1.29 is 14.3 Å². The summed E-state index contributed by atoms with van der Waals surface area (Å²) in [5.41, 5.74) is 0.894. The van der Waals surface area contributed by atoms with E-state index >= 15 is 0 Å². The number of hydrogen-bond acceptors (Lipinski definition) is 3. The molecule has 2 amide bonds. The van der Waals surface area contributed by atoms with Gasteiger partial charge in [-0.3, -0.25) is 9.59 Å². The van der Waals surface area contributed by atoms with Crippen LogP contribution in [0, 0.1) is 0 Å². The van der Waals surface area contributed by atoms with Gasteiger partial charge < -0.3 is 15.0 Å². The molecule has 3 aromatic rings. The van der Waals surface area contributed by atoms with Crippen LogP contribution in [0.3, 0.4) is 0 Å². The highest BCUT2D eigenvalue weighted by Gasteiger charge is 2.28. The summed E-state index contributed by atoms with van der Waals surface area (Å²) in [7, 11) is 0. The van der Waals surface area contributed by atoms with E-state index in [4.69, 9.17) is 16.3 Å². The average molecular weight is 439 g/mol. The Morgan fingerprint density at radius 3 is 2.42 bits per heavy atom. The Morgan fingerprint density at radius 1 is 1.00 bits per heavy atom. The lowest BCUT2D eigenvalue weighted by molar-refractivity contribution is -0.142. The van der Waals surface area contributed by atoms with E-state index in [0.29, 0.717) is 30.3 Å². The van der Waals surface area contributed by atoms with Gasteiger partial charge in [0.1, 0.15) is 11.8 Å². The van der Waals surface area contributed by atoms with Gasteiger partial charge in [-0.15, -0.1) is 0 Å². The molecule has 162 valence electrons. The summed E-state index contributed by atoms with van der Waals surface area (Å²) in [4.78, 5) is 27.5. The van der Waals surface area contributed by atoms with Crippen molar-refractivity contribution in [3.05, 3.63) is 77.3 Å². The molecule has 31 heavy (non-hydrogen) atoms.